The topological polar surface area (TPSA) is 61.6 Å². The molecule has 1 aromatic carbocycles. The highest BCUT2D eigenvalue weighted by molar-refractivity contribution is 9.10. The van der Waals surface area contributed by atoms with Crippen LogP contribution < -0.4 is 10.5 Å². The largest absolute Gasteiger partial charge is 0.485 e. The molecule has 1 fully saturated rings. The van der Waals surface area contributed by atoms with Crippen LogP contribution >= 0.6 is 15.9 Å². The third-order valence-corrected chi connectivity index (χ3v) is 3.32. The number of hydrogen-bond donors (Lipinski definition) is 1. The van der Waals surface area contributed by atoms with Crippen LogP contribution in [-0.2, 0) is 4.74 Å². The number of nitrogen functional groups attached to an aromatic ring is 1. The Morgan fingerprint density at radius 1 is 1.56 bits per heavy atom. The summed E-state index contributed by atoms with van der Waals surface area (Å²) in [6, 6.07) is 3.48. The number of ketones is 1. The summed E-state index contributed by atoms with van der Waals surface area (Å²) in [5, 5.41) is 0. The summed E-state index contributed by atoms with van der Waals surface area (Å²) in [7, 11) is 0. The first kappa shape index (κ1) is 13.4. The normalized spacial score (nSPS) is 19.6. The lowest BCUT2D eigenvalue weighted by Crippen LogP contribution is -2.28. The number of ether oxygens (including phenoxy) is 2. The van der Waals surface area contributed by atoms with Gasteiger partial charge >= 0.3 is 0 Å². The van der Waals surface area contributed by atoms with E-state index in [2.05, 4.69) is 15.9 Å². The van der Waals surface area contributed by atoms with Gasteiger partial charge in [-0.2, -0.15) is 0 Å². The second kappa shape index (κ2) is 5.71. The van der Waals surface area contributed by atoms with Crippen LogP contribution in [0.2, 0.25) is 0 Å². The third-order valence-electron chi connectivity index (χ3n) is 2.86. The number of carbonyl (C=O) groups is 1. The Morgan fingerprint density at radius 2 is 2.33 bits per heavy atom. The van der Waals surface area contributed by atoms with E-state index >= 15 is 0 Å². The van der Waals surface area contributed by atoms with Gasteiger partial charge in [0.2, 0.25) is 0 Å². The Bertz CT molecular complexity index is 456. The van der Waals surface area contributed by atoms with E-state index in [-0.39, 0.29) is 11.9 Å². The van der Waals surface area contributed by atoms with E-state index in [1.165, 1.54) is 6.92 Å². The van der Waals surface area contributed by atoms with E-state index in [0.29, 0.717) is 23.6 Å². The monoisotopic (exact) mass is 313 g/mol. The molecule has 4 nitrogen and oxygen atoms in total. The van der Waals surface area contributed by atoms with Crippen molar-refractivity contribution in [3.8, 4) is 5.75 Å². The van der Waals surface area contributed by atoms with Gasteiger partial charge in [-0.05, 0) is 31.9 Å². The molecule has 1 unspecified atom stereocenters. The maximum Gasteiger partial charge on any atom is 0.163 e. The van der Waals surface area contributed by atoms with Crippen LogP contribution in [0.5, 0.6) is 5.75 Å². The molecule has 1 aliphatic rings. The van der Waals surface area contributed by atoms with Gasteiger partial charge in [0.1, 0.15) is 6.10 Å². The molecule has 0 aliphatic carbocycles. The van der Waals surface area contributed by atoms with Crippen molar-refractivity contribution in [3.05, 3.63) is 22.2 Å². The van der Waals surface area contributed by atoms with Gasteiger partial charge in [0.05, 0.1) is 17.9 Å². The molecule has 5 heteroatoms. The molecule has 2 rings (SSSR count). The van der Waals surface area contributed by atoms with Gasteiger partial charge in [0.25, 0.3) is 0 Å². The molecular formula is C13H16BrNO3. The minimum absolute atomic E-state index is 0.0275. The fraction of sp³-hybridized carbons (Fsp3) is 0.462. The van der Waals surface area contributed by atoms with Crippen molar-refractivity contribution in [1.29, 1.82) is 0 Å². The number of carbonyl (C=O) groups excluding carboxylic acids is 1. The van der Waals surface area contributed by atoms with Crippen molar-refractivity contribution in [1.82, 2.24) is 0 Å². The standard InChI is InChI=1S/C13H16BrNO3/c1-8(16)11-5-9(14)6-12(15)13(11)18-10-3-2-4-17-7-10/h5-6,10H,2-4,7,15H2,1H3. The molecule has 0 spiro atoms. The molecule has 18 heavy (non-hydrogen) atoms. The number of benzene rings is 1. The third kappa shape index (κ3) is 3.03. The lowest BCUT2D eigenvalue weighted by Gasteiger charge is -2.25. The molecule has 1 aliphatic heterocycles. The van der Waals surface area contributed by atoms with Crippen LogP contribution in [0, 0.1) is 0 Å². The lowest BCUT2D eigenvalue weighted by atomic mass is 10.1. The van der Waals surface area contributed by atoms with E-state index in [4.69, 9.17) is 15.2 Å². The fourth-order valence-electron chi connectivity index (χ4n) is 1.98. The summed E-state index contributed by atoms with van der Waals surface area (Å²) >= 11 is 3.33. The number of hydrogen-bond acceptors (Lipinski definition) is 4. The summed E-state index contributed by atoms with van der Waals surface area (Å²) in [5.41, 5.74) is 6.91. The van der Waals surface area contributed by atoms with Gasteiger partial charge in [0.15, 0.2) is 11.5 Å². The number of nitrogens with two attached hydrogens (primary N) is 1. The second-order valence-electron chi connectivity index (χ2n) is 4.38. The summed E-state index contributed by atoms with van der Waals surface area (Å²) in [6.45, 7) is 2.83. The number of rotatable bonds is 3. The lowest BCUT2D eigenvalue weighted by molar-refractivity contribution is 0.00744. The molecule has 2 N–H and O–H groups in total. The summed E-state index contributed by atoms with van der Waals surface area (Å²) in [5.74, 6) is 0.413. The van der Waals surface area contributed by atoms with E-state index in [1.54, 1.807) is 12.1 Å². The van der Waals surface area contributed by atoms with E-state index in [9.17, 15) is 4.79 Å². The average Bonchev–Trinajstić information content (AvgIpc) is 2.33. The van der Waals surface area contributed by atoms with Crippen molar-refractivity contribution in [2.45, 2.75) is 25.9 Å². The first-order chi connectivity index (χ1) is 8.58. The van der Waals surface area contributed by atoms with Crippen molar-refractivity contribution < 1.29 is 14.3 Å². The Kier molecular flexibility index (Phi) is 4.24. The molecule has 1 atom stereocenters. The quantitative estimate of drug-likeness (QED) is 0.688. The molecule has 1 saturated heterocycles. The average molecular weight is 314 g/mol. The van der Waals surface area contributed by atoms with Crippen molar-refractivity contribution >= 4 is 27.4 Å². The zero-order valence-corrected chi connectivity index (χ0v) is 11.8. The predicted octanol–water partition coefficient (Wildman–Crippen LogP) is 2.79. The molecule has 0 radical (unpaired) electrons. The highest BCUT2D eigenvalue weighted by Crippen LogP contribution is 2.32. The number of anilines is 1. The van der Waals surface area contributed by atoms with Gasteiger partial charge < -0.3 is 15.2 Å². The van der Waals surface area contributed by atoms with Gasteiger partial charge in [-0.25, -0.2) is 0 Å². The van der Waals surface area contributed by atoms with Gasteiger partial charge in [-0.3, -0.25) is 4.79 Å². The van der Waals surface area contributed by atoms with Crippen molar-refractivity contribution in [2.24, 2.45) is 0 Å². The molecule has 98 valence electrons. The molecule has 0 bridgehead atoms. The van der Waals surface area contributed by atoms with Gasteiger partial charge in [-0.1, -0.05) is 15.9 Å². The van der Waals surface area contributed by atoms with Crippen LogP contribution in [-0.4, -0.2) is 25.1 Å². The maximum absolute atomic E-state index is 11.6. The Morgan fingerprint density at radius 3 is 2.94 bits per heavy atom. The predicted molar refractivity (Wildman–Crippen MR) is 73.0 cm³/mol. The fourth-order valence-corrected chi connectivity index (χ4v) is 2.45. The summed E-state index contributed by atoms with van der Waals surface area (Å²) in [4.78, 5) is 11.6. The number of Topliss-reactive ketones (excluding diaryl/α,β-unsaturated/α-hetero) is 1. The van der Waals surface area contributed by atoms with Crippen LogP contribution in [0.1, 0.15) is 30.1 Å². The molecule has 1 aromatic rings. The van der Waals surface area contributed by atoms with Crippen LogP contribution in [0.15, 0.2) is 16.6 Å². The molecule has 0 amide bonds. The highest BCUT2D eigenvalue weighted by atomic mass is 79.9. The maximum atomic E-state index is 11.6. The van der Waals surface area contributed by atoms with Gasteiger partial charge in [0, 0.05) is 11.1 Å². The Balaban J connectivity index is 2.27. The van der Waals surface area contributed by atoms with Crippen LogP contribution in [0.3, 0.4) is 0 Å². The molecule has 0 saturated carbocycles. The summed E-state index contributed by atoms with van der Waals surface area (Å²) in [6.07, 6.45) is 1.86. The first-order valence-corrected chi connectivity index (χ1v) is 6.71. The zero-order chi connectivity index (χ0) is 13.1. The highest BCUT2D eigenvalue weighted by Gasteiger charge is 2.20. The van der Waals surface area contributed by atoms with Crippen LogP contribution in [0.4, 0.5) is 5.69 Å². The SMILES string of the molecule is CC(=O)c1cc(Br)cc(N)c1OC1CCCOC1. The first-order valence-electron chi connectivity index (χ1n) is 5.92. The van der Waals surface area contributed by atoms with E-state index in [1.807, 2.05) is 0 Å². The number of halogens is 1. The van der Waals surface area contributed by atoms with E-state index < -0.39 is 0 Å². The van der Waals surface area contributed by atoms with Gasteiger partial charge in [-0.15, -0.1) is 0 Å². The summed E-state index contributed by atoms with van der Waals surface area (Å²) < 4.78 is 12.0. The second-order valence-corrected chi connectivity index (χ2v) is 5.30. The van der Waals surface area contributed by atoms with Crippen LogP contribution in [0.25, 0.3) is 0 Å². The minimum Gasteiger partial charge on any atom is -0.485 e. The molecule has 0 aromatic heterocycles. The van der Waals surface area contributed by atoms with E-state index in [0.717, 1.165) is 23.9 Å². The zero-order valence-electron chi connectivity index (χ0n) is 10.2. The molecular weight excluding hydrogens is 298 g/mol. The minimum atomic E-state index is -0.0604. The smallest absolute Gasteiger partial charge is 0.163 e. The molecule has 1 heterocycles. The van der Waals surface area contributed by atoms with Crippen molar-refractivity contribution in [2.75, 3.05) is 18.9 Å². The Hall–Kier alpha value is -1.07. The van der Waals surface area contributed by atoms with Crippen molar-refractivity contribution in [3.63, 3.8) is 0 Å². The Labute approximate surface area is 115 Å².